The number of ether oxygens (including phenoxy) is 1. The van der Waals surface area contributed by atoms with Gasteiger partial charge in [0.2, 0.25) is 0 Å². The average Bonchev–Trinajstić information content (AvgIpc) is 2.54. The molecule has 2 unspecified atom stereocenters. The van der Waals surface area contributed by atoms with E-state index < -0.39 is 12.6 Å². The normalized spacial score (nSPS) is 25.5. The van der Waals surface area contributed by atoms with E-state index >= 15 is 0 Å². The van der Waals surface area contributed by atoms with Crippen LogP contribution in [0, 0.1) is 5.92 Å². The molecule has 1 aliphatic rings. The molecule has 0 bridgehead atoms. The van der Waals surface area contributed by atoms with E-state index in [4.69, 9.17) is 9.84 Å². The minimum absolute atomic E-state index is 0.188. The van der Waals surface area contributed by atoms with Crippen molar-refractivity contribution >= 4 is 5.97 Å². The molecule has 1 saturated heterocycles. The first-order valence-corrected chi connectivity index (χ1v) is 6.34. The molecule has 0 saturated carbocycles. The molecular weight excluding hydrogens is 225 g/mol. The summed E-state index contributed by atoms with van der Waals surface area (Å²) in [5.41, 5.74) is 0. The van der Waals surface area contributed by atoms with Gasteiger partial charge in [0, 0.05) is 6.61 Å². The van der Waals surface area contributed by atoms with E-state index in [9.17, 15) is 9.18 Å². The van der Waals surface area contributed by atoms with Gasteiger partial charge >= 0.3 is 5.97 Å². The molecule has 0 aromatic heterocycles. The van der Waals surface area contributed by atoms with Gasteiger partial charge in [0.05, 0.1) is 6.61 Å². The molecule has 0 aliphatic carbocycles. The van der Waals surface area contributed by atoms with E-state index in [-0.39, 0.29) is 12.6 Å². The van der Waals surface area contributed by atoms with Crippen molar-refractivity contribution in [2.45, 2.75) is 38.1 Å². The standard InChI is InChI=1S/C12H22FNO3/c13-6-9-17-8-1-2-10-3-4-11(12(15)16)14-7-5-10/h10-11,14H,1-9H2,(H,15,16). The van der Waals surface area contributed by atoms with Crippen LogP contribution in [0.15, 0.2) is 0 Å². The predicted octanol–water partition coefficient (Wildman–Crippen LogP) is 1.60. The number of hydrogen-bond donors (Lipinski definition) is 2. The fraction of sp³-hybridized carbons (Fsp3) is 0.917. The Bertz CT molecular complexity index is 226. The monoisotopic (exact) mass is 247 g/mol. The smallest absolute Gasteiger partial charge is 0.320 e. The molecule has 1 aliphatic heterocycles. The van der Waals surface area contributed by atoms with Crippen LogP contribution >= 0.6 is 0 Å². The Labute approximate surface area is 102 Å². The predicted molar refractivity (Wildman–Crippen MR) is 62.8 cm³/mol. The first kappa shape index (κ1) is 14.4. The fourth-order valence-electron chi connectivity index (χ4n) is 2.24. The van der Waals surface area contributed by atoms with Crippen LogP contribution in [0.1, 0.15) is 32.1 Å². The van der Waals surface area contributed by atoms with Gasteiger partial charge < -0.3 is 15.2 Å². The van der Waals surface area contributed by atoms with Gasteiger partial charge in [0.15, 0.2) is 0 Å². The van der Waals surface area contributed by atoms with Crippen LogP contribution in [0.2, 0.25) is 0 Å². The molecule has 0 aromatic carbocycles. The summed E-state index contributed by atoms with van der Waals surface area (Å²) in [6.07, 6.45) is 4.65. The van der Waals surface area contributed by atoms with Crippen LogP contribution in [-0.4, -0.2) is 43.6 Å². The van der Waals surface area contributed by atoms with E-state index in [0.29, 0.717) is 18.9 Å². The van der Waals surface area contributed by atoms with E-state index in [1.807, 2.05) is 0 Å². The molecule has 17 heavy (non-hydrogen) atoms. The second-order valence-corrected chi connectivity index (χ2v) is 4.52. The second-order valence-electron chi connectivity index (χ2n) is 4.52. The number of carboxylic acid groups (broad SMARTS) is 1. The Hall–Kier alpha value is -0.680. The lowest BCUT2D eigenvalue weighted by Gasteiger charge is -2.13. The van der Waals surface area contributed by atoms with Crippen molar-refractivity contribution in [1.82, 2.24) is 5.32 Å². The van der Waals surface area contributed by atoms with Gasteiger partial charge in [-0.05, 0) is 44.6 Å². The third-order valence-corrected chi connectivity index (χ3v) is 3.23. The quantitative estimate of drug-likeness (QED) is 0.671. The van der Waals surface area contributed by atoms with Crippen LogP contribution < -0.4 is 5.32 Å². The number of aliphatic carboxylic acids is 1. The van der Waals surface area contributed by atoms with Crippen molar-refractivity contribution in [2.75, 3.05) is 26.4 Å². The zero-order valence-electron chi connectivity index (χ0n) is 10.2. The van der Waals surface area contributed by atoms with E-state index in [1.165, 1.54) is 0 Å². The lowest BCUT2D eigenvalue weighted by Crippen LogP contribution is -2.35. The summed E-state index contributed by atoms with van der Waals surface area (Å²) in [5.74, 6) is -0.183. The number of alkyl halides is 1. The highest BCUT2D eigenvalue weighted by Crippen LogP contribution is 2.21. The average molecular weight is 247 g/mol. The number of carbonyl (C=O) groups is 1. The topological polar surface area (TPSA) is 58.6 Å². The number of rotatable bonds is 7. The van der Waals surface area contributed by atoms with Crippen molar-refractivity contribution in [2.24, 2.45) is 5.92 Å². The Morgan fingerprint density at radius 1 is 1.35 bits per heavy atom. The molecule has 1 rings (SSSR count). The number of hydrogen-bond acceptors (Lipinski definition) is 3. The summed E-state index contributed by atoms with van der Waals surface area (Å²) in [7, 11) is 0. The maximum atomic E-state index is 11.8. The van der Waals surface area contributed by atoms with Crippen LogP contribution in [0.25, 0.3) is 0 Å². The van der Waals surface area contributed by atoms with E-state index in [1.54, 1.807) is 0 Å². The molecule has 0 radical (unpaired) electrons. The number of halogens is 1. The molecular formula is C12H22FNO3. The van der Waals surface area contributed by atoms with Crippen molar-refractivity contribution in [1.29, 1.82) is 0 Å². The van der Waals surface area contributed by atoms with Crippen LogP contribution in [-0.2, 0) is 9.53 Å². The zero-order valence-corrected chi connectivity index (χ0v) is 10.2. The number of nitrogens with one attached hydrogen (secondary N) is 1. The van der Waals surface area contributed by atoms with Gasteiger partial charge in [-0.25, -0.2) is 4.39 Å². The van der Waals surface area contributed by atoms with Crippen molar-refractivity contribution in [3.63, 3.8) is 0 Å². The third-order valence-electron chi connectivity index (χ3n) is 3.23. The molecule has 5 heteroatoms. The largest absolute Gasteiger partial charge is 0.480 e. The zero-order chi connectivity index (χ0) is 12.5. The van der Waals surface area contributed by atoms with Gasteiger partial charge in [-0.2, -0.15) is 0 Å². The first-order chi connectivity index (χ1) is 8.24. The third kappa shape index (κ3) is 5.98. The highest BCUT2D eigenvalue weighted by molar-refractivity contribution is 5.73. The van der Waals surface area contributed by atoms with E-state index in [2.05, 4.69) is 5.32 Å². The Kier molecular flexibility index (Phi) is 7.12. The molecule has 1 heterocycles. The second kappa shape index (κ2) is 8.42. The Morgan fingerprint density at radius 2 is 2.18 bits per heavy atom. The molecule has 0 spiro atoms. The van der Waals surface area contributed by atoms with Crippen LogP contribution in [0.5, 0.6) is 0 Å². The molecule has 2 N–H and O–H groups in total. The summed E-state index contributed by atoms with van der Waals surface area (Å²) in [6.45, 7) is 1.14. The fourth-order valence-corrected chi connectivity index (χ4v) is 2.24. The SMILES string of the molecule is O=C(O)C1CCC(CCCOCCF)CCN1. The Balaban J connectivity index is 2.11. The first-order valence-electron chi connectivity index (χ1n) is 6.34. The van der Waals surface area contributed by atoms with Gasteiger partial charge in [-0.3, -0.25) is 4.79 Å². The van der Waals surface area contributed by atoms with Crippen molar-refractivity contribution < 1.29 is 19.0 Å². The maximum Gasteiger partial charge on any atom is 0.320 e. The van der Waals surface area contributed by atoms with Gasteiger partial charge in [0.25, 0.3) is 0 Å². The molecule has 100 valence electrons. The van der Waals surface area contributed by atoms with Gasteiger partial charge in [-0.15, -0.1) is 0 Å². The van der Waals surface area contributed by atoms with Crippen LogP contribution in [0.3, 0.4) is 0 Å². The minimum Gasteiger partial charge on any atom is -0.480 e. The van der Waals surface area contributed by atoms with Gasteiger partial charge in [0.1, 0.15) is 12.7 Å². The lowest BCUT2D eigenvalue weighted by atomic mass is 9.94. The van der Waals surface area contributed by atoms with Crippen molar-refractivity contribution in [3.8, 4) is 0 Å². The highest BCUT2D eigenvalue weighted by atomic mass is 19.1. The summed E-state index contributed by atoms with van der Waals surface area (Å²) in [6, 6.07) is -0.386. The highest BCUT2D eigenvalue weighted by Gasteiger charge is 2.22. The minimum atomic E-state index is -0.753. The van der Waals surface area contributed by atoms with E-state index in [0.717, 1.165) is 32.2 Å². The van der Waals surface area contributed by atoms with Crippen LogP contribution in [0.4, 0.5) is 4.39 Å². The maximum absolute atomic E-state index is 11.8. The molecule has 0 amide bonds. The lowest BCUT2D eigenvalue weighted by molar-refractivity contribution is -0.139. The summed E-state index contributed by atoms with van der Waals surface area (Å²) in [4.78, 5) is 10.8. The van der Waals surface area contributed by atoms with Crippen molar-refractivity contribution in [3.05, 3.63) is 0 Å². The van der Waals surface area contributed by atoms with Gasteiger partial charge in [-0.1, -0.05) is 0 Å². The summed E-state index contributed by atoms with van der Waals surface area (Å²) >= 11 is 0. The molecule has 1 fully saturated rings. The molecule has 0 aromatic rings. The Morgan fingerprint density at radius 3 is 2.88 bits per heavy atom. The molecule has 2 atom stereocenters. The summed E-state index contributed by atoms with van der Waals surface area (Å²) in [5, 5.41) is 11.9. The molecule has 4 nitrogen and oxygen atoms in total. The number of carboxylic acids is 1. The summed E-state index contributed by atoms with van der Waals surface area (Å²) < 4.78 is 16.8.